The van der Waals surface area contributed by atoms with E-state index in [9.17, 15) is 67.7 Å². The summed E-state index contributed by atoms with van der Waals surface area (Å²) in [6.07, 6.45) is 1.05. The number of hydrogen-bond donors (Lipinski definition) is 8. The van der Waals surface area contributed by atoms with E-state index >= 15 is 0 Å². The van der Waals surface area contributed by atoms with Crippen LogP contribution in [0.2, 0.25) is 0 Å². The van der Waals surface area contributed by atoms with Crippen LogP contribution in [0.5, 0.6) is 0 Å². The Morgan fingerprint density at radius 2 is 1.33 bits per heavy atom. The Balaban J connectivity index is 1.77. The molecule has 92 heavy (non-hydrogen) atoms. The third-order valence-corrected chi connectivity index (χ3v) is 16.7. The first-order valence-electron chi connectivity index (χ1n) is 32.1. The van der Waals surface area contributed by atoms with Gasteiger partial charge in [-0.1, -0.05) is 85.2 Å². The van der Waals surface area contributed by atoms with Crippen molar-refractivity contribution in [2.24, 2.45) is 23.7 Å². The van der Waals surface area contributed by atoms with Crippen molar-refractivity contribution in [2.75, 3.05) is 61.0 Å². The minimum absolute atomic E-state index is 0.0884. The highest BCUT2D eigenvalue weighted by atomic mass is 16.6. The van der Waals surface area contributed by atoms with Crippen LogP contribution in [0.25, 0.3) is 0 Å². The number of imide groups is 1. The SMILES string of the molecule is CC[C@H](C)[C@@H]([C@@H](CC(=O)N1CCC[C@H]1[C@H](OC)[C@@H](C)C(=O)N[C@@H](Cc1ccccc1)C(=O)N[C@@H](CCC(=O)O)C(=O)N[C@@H](CCCCNC(=O)CCN1C(=O)C=CC1=O)C(=O)O)OC)N(C)C(=O)[C@@H](NC(=O)[C@H](C(C)C)N(C)CCCNC(=O)OC(C)(C)C)C(C)C. The zero-order chi connectivity index (χ0) is 69.2. The fourth-order valence-electron chi connectivity index (χ4n) is 11.6. The molecule has 0 saturated carbocycles. The molecule has 27 nitrogen and oxygen atoms in total. The number of hydrogen-bond acceptors (Lipinski definition) is 16. The van der Waals surface area contributed by atoms with E-state index in [0.29, 0.717) is 50.9 Å². The molecule has 2 heterocycles. The first-order chi connectivity index (χ1) is 43.3. The van der Waals surface area contributed by atoms with E-state index < -0.39 is 132 Å². The van der Waals surface area contributed by atoms with Gasteiger partial charge in [0.15, 0.2) is 0 Å². The Kier molecular flexibility index (Phi) is 32.9. The molecule has 0 aliphatic carbocycles. The summed E-state index contributed by atoms with van der Waals surface area (Å²) >= 11 is 0. The molecule has 1 saturated heterocycles. The smallest absolute Gasteiger partial charge is 0.407 e. The maximum Gasteiger partial charge on any atom is 0.407 e. The number of carbonyl (C=O) groups excluding carboxylic acids is 10. The molecule has 516 valence electrons. The maximum absolute atomic E-state index is 14.8. The number of alkyl carbamates (subject to hydrolysis) is 1. The lowest BCUT2D eigenvalue weighted by atomic mass is 9.89. The van der Waals surface area contributed by atoms with Crippen LogP contribution in [0.1, 0.15) is 145 Å². The number of carbonyl (C=O) groups is 12. The Morgan fingerprint density at radius 1 is 0.717 bits per heavy atom. The number of nitrogens with zero attached hydrogens (tertiary/aromatic N) is 4. The van der Waals surface area contributed by atoms with Gasteiger partial charge in [-0.15, -0.1) is 0 Å². The Morgan fingerprint density at radius 3 is 1.89 bits per heavy atom. The molecule has 0 aromatic heterocycles. The summed E-state index contributed by atoms with van der Waals surface area (Å²) in [5, 5.41) is 35.9. The van der Waals surface area contributed by atoms with Gasteiger partial charge >= 0.3 is 18.0 Å². The number of likely N-dealkylation sites (N-methyl/N-ethyl adjacent to an activating group) is 2. The molecule has 10 amide bonds. The van der Waals surface area contributed by atoms with Crippen LogP contribution in [0, 0.1) is 23.7 Å². The van der Waals surface area contributed by atoms with E-state index in [0.717, 1.165) is 17.1 Å². The fourth-order valence-corrected chi connectivity index (χ4v) is 11.6. The summed E-state index contributed by atoms with van der Waals surface area (Å²) in [5.74, 6) is -9.39. The van der Waals surface area contributed by atoms with E-state index in [1.165, 1.54) is 14.2 Å². The van der Waals surface area contributed by atoms with Gasteiger partial charge in [0.1, 0.15) is 29.8 Å². The van der Waals surface area contributed by atoms with Crippen molar-refractivity contribution in [3.05, 3.63) is 48.0 Å². The molecule has 1 aromatic rings. The largest absolute Gasteiger partial charge is 0.481 e. The van der Waals surface area contributed by atoms with Gasteiger partial charge in [-0.2, -0.15) is 0 Å². The van der Waals surface area contributed by atoms with E-state index in [1.54, 1.807) is 74.9 Å². The summed E-state index contributed by atoms with van der Waals surface area (Å²) in [6.45, 7) is 19.5. The summed E-state index contributed by atoms with van der Waals surface area (Å²) in [6, 6.07) is 1.42. The van der Waals surface area contributed by atoms with E-state index in [4.69, 9.17) is 14.2 Å². The zero-order valence-electron chi connectivity index (χ0n) is 56.4. The Labute approximate surface area is 541 Å². The van der Waals surface area contributed by atoms with Crippen molar-refractivity contribution >= 4 is 71.2 Å². The molecule has 0 spiro atoms. The van der Waals surface area contributed by atoms with Crippen molar-refractivity contribution in [2.45, 2.75) is 206 Å². The molecule has 1 aromatic carbocycles. The third kappa shape index (κ3) is 25.2. The molecule has 8 N–H and O–H groups in total. The van der Waals surface area contributed by atoms with Crippen LogP contribution in [0.3, 0.4) is 0 Å². The first kappa shape index (κ1) is 78.7. The monoisotopic (exact) mass is 1300 g/mol. The second-order valence-electron chi connectivity index (χ2n) is 25.7. The number of ether oxygens (including phenoxy) is 3. The predicted molar refractivity (Wildman–Crippen MR) is 341 cm³/mol. The molecule has 0 bridgehead atoms. The maximum atomic E-state index is 14.8. The first-order valence-corrected chi connectivity index (χ1v) is 32.1. The Hall–Kier alpha value is -7.52. The standard InChI is InChI=1S/C65H104N10O17/c1-15-41(6)56(73(12)62(86)54(39(2)3)71-61(85)55(40(4)5)72(11)34-22-33-67-64(89)92-65(8,9)10)48(90-13)38-52(79)74-35-21-26-47(74)57(91-14)42(7)58(82)70-46(37-43-23-17-16-18-24-43)60(84)68-44(27-30-53(80)81)59(83)69-45(63(87)88)25-19-20-32-66-49(76)31-36-75-50(77)28-29-51(75)78/h16-18,23-24,28-29,39-42,44-48,54-57H,15,19-22,25-27,30-38H2,1-14H3,(H,66,76)(H,67,89)(H,68,84)(H,69,83)(H,70,82)(H,71,85)(H,80,81)(H,87,88)/t41-,42+,44-,45-,46-,47-,48+,54-,55-,56-,57+/m0/s1. The molecule has 0 unspecified atom stereocenters. The van der Waals surface area contributed by atoms with Crippen LogP contribution in [-0.4, -0.2) is 222 Å². The number of likely N-dealkylation sites (tertiary alicyclic amines) is 1. The van der Waals surface area contributed by atoms with Gasteiger partial charge in [-0.25, -0.2) is 9.59 Å². The quantitative estimate of drug-likeness (QED) is 0.0345. The normalized spacial score (nSPS) is 17.4. The number of unbranched alkanes of at least 4 members (excludes halogenated alkanes) is 1. The van der Waals surface area contributed by atoms with Crippen LogP contribution in [0.15, 0.2) is 42.5 Å². The summed E-state index contributed by atoms with van der Waals surface area (Å²) < 4.78 is 17.5. The lowest BCUT2D eigenvalue weighted by molar-refractivity contribution is -0.148. The number of amides is 10. The molecule has 2 aliphatic rings. The minimum Gasteiger partial charge on any atom is -0.481 e. The lowest BCUT2D eigenvalue weighted by Crippen LogP contribution is -2.60. The molecule has 3 rings (SSSR count). The number of methoxy groups -OCH3 is 2. The minimum atomic E-state index is -1.57. The molecular weight excluding hydrogens is 1190 g/mol. The van der Waals surface area contributed by atoms with Crippen LogP contribution in [0.4, 0.5) is 4.79 Å². The van der Waals surface area contributed by atoms with Crippen molar-refractivity contribution in [1.82, 2.24) is 51.5 Å². The third-order valence-electron chi connectivity index (χ3n) is 16.7. The number of benzene rings is 1. The number of carboxylic acids is 2. The summed E-state index contributed by atoms with van der Waals surface area (Å²) in [4.78, 5) is 165. The van der Waals surface area contributed by atoms with E-state index in [2.05, 4.69) is 31.9 Å². The van der Waals surface area contributed by atoms with Gasteiger partial charge in [0.25, 0.3) is 11.8 Å². The highest BCUT2D eigenvalue weighted by Gasteiger charge is 2.44. The van der Waals surface area contributed by atoms with Gasteiger partial charge in [-0.05, 0) is 96.1 Å². The average molecular weight is 1300 g/mol. The molecule has 1 fully saturated rings. The zero-order valence-corrected chi connectivity index (χ0v) is 56.4. The van der Waals surface area contributed by atoms with Crippen molar-refractivity contribution in [3.8, 4) is 0 Å². The molecule has 11 atom stereocenters. The molecule has 2 aliphatic heterocycles. The number of rotatable bonds is 40. The fraction of sp³-hybridized carbons (Fsp3) is 0.692. The van der Waals surface area contributed by atoms with Gasteiger partial charge in [0.2, 0.25) is 41.4 Å². The highest BCUT2D eigenvalue weighted by molar-refractivity contribution is 6.13. The van der Waals surface area contributed by atoms with Gasteiger partial charge in [0, 0.05) is 85.4 Å². The molecule has 0 radical (unpaired) electrons. The number of carboxylic acid groups (broad SMARTS) is 2. The van der Waals surface area contributed by atoms with Crippen molar-refractivity contribution in [3.63, 3.8) is 0 Å². The van der Waals surface area contributed by atoms with Gasteiger partial charge in [-0.3, -0.25) is 57.7 Å². The van der Waals surface area contributed by atoms with Gasteiger partial charge < -0.3 is 66.1 Å². The molecule has 27 heteroatoms. The van der Waals surface area contributed by atoms with Crippen molar-refractivity contribution in [1.29, 1.82) is 0 Å². The van der Waals surface area contributed by atoms with Crippen LogP contribution >= 0.6 is 0 Å². The Bertz CT molecular complexity index is 2670. The lowest BCUT2D eigenvalue weighted by Gasteiger charge is -2.41. The van der Waals surface area contributed by atoms with E-state index in [-0.39, 0.29) is 87.1 Å². The second-order valence-corrected chi connectivity index (χ2v) is 25.7. The van der Waals surface area contributed by atoms with Crippen LogP contribution in [-0.2, 0) is 73.4 Å². The average Bonchev–Trinajstić information content (AvgIpc) is 1.38. The topological polar surface area (TPSA) is 358 Å². The van der Waals surface area contributed by atoms with Crippen LogP contribution < -0.4 is 31.9 Å². The number of aliphatic carboxylic acids is 2. The molecular formula is C65H104N10O17. The second kappa shape index (κ2) is 38.5. The van der Waals surface area contributed by atoms with Crippen molar-refractivity contribution < 1.29 is 82.0 Å². The van der Waals surface area contributed by atoms with Gasteiger partial charge in [0.05, 0.1) is 42.7 Å². The number of nitrogens with one attached hydrogen (secondary N) is 6. The predicted octanol–water partition coefficient (Wildman–Crippen LogP) is 3.17. The highest BCUT2D eigenvalue weighted by Crippen LogP contribution is 2.30. The summed E-state index contributed by atoms with van der Waals surface area (Å²) in [7, 11) is 6.37. The summed E-state index contributed by atoms with van der Waals surface area (Å²) in [5.41, 5.74) is -0.0333. The van der Waals surface area contributed by atoms with E-state index in [1.807, 2.05) is 53.5 Å².